The molecule has 1 atom stereocenters. The minimum absolute atomic E-state index is 0.0639. The second-order valence-corrected chi connectivity index (χ2v) is 8.39. The van der Waals surface area contributed by atoms with Crippen molar-refractivity contribution in [2.45, 2.75) is 38.7 Å². The number of hydrogen-bond donors (Lipinski definition) is 1. The number of carbonyl (C=O) groups excluding carboxylic acids is 1. The molecule has 2 aliphatic heterocycles. The summed E-state index contributed by atoms with van der Waals surface area (Å²) in [6.07, 6.45) is 3.53. The highest BCUT2D eigenvalue weighted by molar-refractivity contribution is 5.79. The molecule has 4 rings (SSSR count). The summed E-state index contributed by atoms with van der Waals surface area (Å²) in [5.41, 5.74) is 1.23. The number of hydrogen-bond acceptors (Lipinski definition) is 5. The molecule has 31 heavy (non-hydrogen) atoms. The minimum Gasteiger partial charge on any atom is -0.376 e. The van der Waals surface area contributed by atoms with Crippen molar-refractivity contribution in [1.29, 1.82) is 0 Å². The monoisotopic (exact) mass is 426 g/mol. The Kier molecular flexibility index (Phi) is 6.27. The Balaban J connectivity index is 1.50. The zero-order chi connectivity index (χ0) is 22.0. The van der Waals surface area contributed by atoms with Crippen LogP contribution in [0.15, 0.2) is 39.9 Å². The second-order valence-electron chi connectivity index (χ2n) is 8.39. The van der Waals surface area contributed by atoms with Crippen molar-refractivity contribution >= 4 is 11.6 Å². The van der Waals surface area contributed by atoms with Crippen LogP contribution in [0.25, 0.3) is 5.69 Å². The number of carbonyl (C=O) groups is 1. The van der Waals surface area contributed by atoms with E-state index in [1.54, 1.807) is 4.57 Å². The van der Waals surface area contributed by atoms with E-state index in [1.807, 2.05) is 42.2 Å². The Labute approximate surface area is 181 Å². The van der Waals surface area contributed by atoms with E-state index < -0.39 is 0 Å². The first-order valence-corrected chi connectivity index (χ1v) is 11.0. The molecular formula is C23H30N4O4. The molecule has 1 aromatic carbocycles. The van der Waals surface area contributed by atoms with Gasteiger partial charge in [-0.15, -0.1) is 0 Å². The third kappa shape index (κ3) is 4.30. The molecule has 2 fully saturated rings. The van der Waals surface area contributed by atoms with Crippen molar-refractivity contribution < 1.29 is 9.53 Å². The molecule has 3 heterocycles. The van der Waals surface area contributed by atoms with Gasteiger partial charge in [0.25, 0.3) is 5.56 Å². The van der Waals surface area contributed by atoms with Gasteiger partial charge >= 0.3 is 5.69 Å². The zero-order valence-electron chi connectivity index (χ0n) is 18.2. The summed E-state index contributed by atoms with van der Waals surface area (Å²) in [6, 6.07) is 9.33. The first kappa shape index (κ1) is 21.4. The maximum atomic E-state index is 13.0. The van der Waals surface area contributed by atoms with Crippen molar-refractivity contribution in [2.75, 3.05) is 31.1 Å². The second kappa shape index (κ2) is 9.09. The van der Waals surface area contributed by atoms with Gasteiger partial charge in [0, 0.05) is 39.2 Å². The standard InChI is InChI=1S/C23H30N4O4/c1-16-20(22(29)25(2)23(30)27(16)18-7-4-3-5-8-18)26-12-10-17(11-13-26)21(28)24-15-19-9-6-14-31-19/h3-5,7-8,17,19H,6,9-15H2,1-2H3,(H,24,28). The number of aromatic nitrogens is 2. The lowest BCUT2D eigenvalue weighted by Crippen LogP contribution is -2.47. The van der Waals surface area contributed by atoms with Crippen LogP contribution >= 0.6 is 0 Å². The fourth-order valence-corrected chi connectivity index (χ4v) is 4.57. The number of nitrogens with zero attached hydrogens (tertiary/aromatic N) is 3. The molecule has 0 radical (unpaired) electrons. The molecule has 2 aromatic rings. The molecule has 8 heteroatoms. The summed E-state index contributed by atoms with van der Waals surface area (Å²) < 4.78 is 8.32. The van der Waals surface area contributed by atoms with Crippen LogP contribution in [-0.2, 0) is 16.6 Å². The lowest BCUT2D eigenvalue weighted by molar-refractivity contribution is -0.126. The molecule has 0 bridgehead atoms. The Bertz CT molecular complexity index is 1050. The van der Waals surface area contributed by atoms with E-state index in [9.17, 15) is 14.4 Å². The third-order valence-corrected chi connectivity index (χ3v) is 6.39. The van der Waals surface area contributed by atoms with Crippen LogP contribution in [0.1, 0.15) is 31.4 Å². The maximum Gasteiger partial charge on any atom is 0.335 e. The molecule has 2 aliphatic rings. The van der Waals surface area contributed by atoms with E-state index in [-0.39, 0.29) is 29.2 Å². The summed E-state index contributed by atoms with van der Waals surface area (Å²) >= 11 is 0. The molecule has 1 unspecified atom stereocenters. The SMILES string of the molecule is Cc1c(N2CCC(C(=O)NCC3CCCO3)CC2)c(=O)n(C)c(=O)n1-c1ccccc1. The quantitative estimate of drug-likeness (QED) is 0.780. The number of benzene rings is 1. The van der Waals surface area contributed by atoms with Crippen LogP contribution in [-0.4, -0.2) is 47.4 Å². The Morgan fingerprint density at radius 1 is 1.13 bits per heavy atom. The first-order chi connectivity index (χ1) is 15.0. The molecule has 1 aromatic heterocycles. The first-order valence-electron chi connectivity index (χ1n) is 11.0. The van der Waals surface area contributed by atoms with Gasteiger partial charge in [0.05, 0.1) is 17.5 Å². The molecule has 8 nitrogen and oxygen atoms in total. The number of rotatable bonds is 5. The number of anilines is 1. The van der Waals surface area contributed by atoms with Crippen LogP contribution < -0.4 is 21.5 Å². The van der Waals surface area contributed by atoms with Crippen molar-refractivity contribution in [1.82, 2.24) is 14.5 Å². The van der Waals surface area contributed by atoms with Gasteiger partial charge in [0.1, 0.15) is 5.69 Å². The molecule has 166 valence electrons. The van der Waals surface area contributed by atoms with Crippen LogP contribution in [0.2, 0.25) is 0 Å². The van der Waals surface area contributed by atoms with E-state index in [2.05, 4.69) is 5.32 Å². The van der Waals surface area contributed by atoms with E-state index >= 15 is 0 Å². The van der Waals surface area contributed by atoms with Crippen LogP contribution in [0.4, 0.5) is 5.69 Å². The summed E-state index contributed by atoms with van der Waals surface area (Å²) in [4.78, 5) is 40.4. The largest absolute Gasteiger partial charge is 0.376 e. The zero-order valence-corrected chi connectivity index (χ0v) is 18.2. The molecule has 2 saturated heterocycles. The van der Waals surface area contributed by atoms with E-state index in [0.717, 1.165) is 29.7 Å². The maximum absolute atomic E-state index is 13.0. The van der Waals surface area contributed by atoms with E-state index in [0.29, 0.717) is 43.9 Å². The highest BCUT2D eigenvalue weighted by Gasteiger charge is 2.29. The average molecular weight is 427 g/mol. The van der Waals surface area contributed by atoms with E-state index in [1.165, 1.54) is 7.05 Å². The number of piperidine rings is 1. The third-order valence-electron chi connectivity index (χ3n) is 6.39. The summed E-state index contributed by atoms with van der Waals surface area (Å²) in [6.45, 7) is 4.35. The minimum atomic E-state index is -0.360. The van der Waals surface area contributed by atoms with E-state index in [4.69, 9.17) is 4.74 Å². The van der Waals surface area contributed by atoms with Crippen molar-refractivity contribution in [3.8, 4) is 5.69 Å². The highest BCUT2D eigenvalue weighted by atomic mass is 16.5. The molecular weight excluding hydrogens is 396 g/mol. The fourth-order valence-electron chi connectivity index (χ4n) is 4.57. The Hall–Kier alpha value is -2.87. The Morgan fingerprint density at radius 3 is 2.48 bits per heavy atom. The van der Waals surface area contributed by atoms with Gasteiger partial charge in [-0.3, -0.25) is 18.7 Å². The van der Waals surface area contributed by atoms with Gasteiger partial charge in [0.15, 0.2) is 0 Å². The number of nitrogens with one attached hydrogen (secondary N) is 1. The van der Waals surface area contributed by atoms with Crippen molar-refractivity contribution in [2.24, 2.45) is 13.0 Å². The number of amides is 1. The van der Waals surface area contributed by atoms with Crippen molar-refractivity contribution in [3.05, 3.63) is 56.9 Å². The Morgan fingerprint density at radius 2 is 1.84 bits per heavy atom. The number of para-hydroxylation sites is 1. The average Bonchev–Trinajstić information content (AvgIpc) is 3.31. The smallest absolute Gasteiger partial charge is 0.335 e. The fraction of sp³-hybridized carbons (Fsp3) is 0.522. The molecule has 0 saturated carbocycles. The summed E-state index contributed by atoms with van der Waals surface area (Å²) in [7, 11) is 1.51. The van der Waals surface area contributed by atoms with Gasteiger partial charge in [-0.1, -0.05) is 18.2 Å². The summed E-state index contributed by atoms with van der Waals surface area (Å²) in [5, 5.41) is 3.03. The molecule has 1 N–H and O–H groups in total. The van der Waals surface area contributed by atoms with Gasteiger partial charge in [-0.2, -0.15) is 0 Å². The predicted octanol–water partition coefficient (Wildman–Crippen LogP) is 1.36. The van der Waals surface area contributed by atoms with Gasteiger partial charge in [-0.25, -0.2) is 4.79 Å². The van der Waals surface area contributed by atoms with Crippen LogP contribution in [0.3, 0.4) is 0 Å². The van der Waals surface area contributed by atoms with Crippen LogP contribution in [0, 0.1) is 12.8 Å². The van der Waals surface area contributed by atoms with Crippen LogP contribution in [0.5, 0.6) is 0 Å². The number of ether oxygens (including phenoxy) is 1. The highest BCUT2D eigenvalue weighted by Crippen LogP contribution is 2.24. The van der Waals surface area contributed by atoms with Crippen molar-refractivity contribution in [3.63, 3.8) is 0 Å². The summed E-state index contributed by atoms with van der Waals surface area (Å²) in [5.74, 6) is -0.00382. The topological polar surface area (TPSA) is 85.6 Å². The van der Waals surface area contributed by atoms with Gasteiger partial charge < -0.3 is 15.0 Å². The predicted molar refractivity (Wildman–Crippen MR) is 119 cm³/mol. The van der Waals surface area contributed by atoms with Gasteiger partial charge in [0.2, 0.25) is 5.91 Å². The van der Waals surface area contributed by atoms with Gasteiger partial charge in [-0.05, 0) is 44.7 Å². The normalized spacial score (nSPS) is 19.5. The molecule has 0 aliphatic carbocycles. The molecule has 0 spiro atoms. The lowest BCUT2D eigenvalue weighted by Gasteiger charge is -2.34. The molecule has 1 amide bonds. The lowest BCUT2D eigenvalue weighted by atomic mass is 9.95.